The van der Waals surface area contributed by atoms with Crippen LogP contribution in [0.1, 0.15) is 19.8 Å². The van der Waals surface area contributed by atoms with Crippen LogP contribution in [0.3, 0.4) is 0 Å². The summed E-state index contributed by atoms with van der Waals surface area (Å²) in [6.45, 7) is 3.44. The molecule has 1 aromatic carbocycles. The van der Waals surface area contributed by atoms with Crippen molar-refractivity contribution in [3.05, 3.63) is 18.2 Å². The molecule has 1 aliphatic carbocycles. The number of ether oxygens (including phenoxy) is 2. The monoisotopic (exact) mass is 304 g/mol. The Labute approximate surface area is 129 Å². The van der Waals surface area contributed by atoms with Crippen LogP contribution in [0, 0.1) is 5.92 Å². The number of nitrogens with zero attached hydrogens (tertiary/aromatic N) is 1. The van der Waals surface area contributed by atoms with Crippen molar-refractivity contribution in [1.82, 2.24) is 5.32 Å². The van der Waals surface area contributed by atoms with Crippen molar-refractivity contribution in [2.24, 2.45) is 5.92 Å². The first-order valence-electron chi connectivity index (χ1n) is 7.60. The first-order chi connectivity index (χ1) is 10.6. The molecule has 0 saturated heterocycles. The van der Waals surface area contributed by atoms with E-state index in [9.17, 15) is 9.59 Å². The Morgan fingerprint density at radius 2 is 1.95 bits per heavy atom. The fourth-order valence-corrected chi connectivity index (χ4v) is 2.45. The second-order valence-electron chi connectivity index (χ2n) is 5.56. The number of nitrogens with one attached hydrogen (secondary N) is 1. The van der Waals surface area contributed by atoms with Gasteiger partial charge in [-0.25, -0.2) is 0 Å². The summed E-state index contributed by atoms with van der Waals surface area (Å²) in [5, 5.41) is 2.87. The molecule has 3 rings (SSSR count). The highest BCUT2D eigenvalue weighted by Crippen LogP contribution is 2.34. The highest BCUT2D eigenvalue weighted by Gasteiger charge is 2.29. The summed E-state index contributed by atoms with van der Waals surface area (Å²) < 4.78 is 11.0. The van der Waals surface area contributed by atoms with Crippen LogP contribution in [0.5, 0.6) is 11.5 Å². The van der Waals surface area contributed by atoms with E-state index in [-0.39, 0.29) is 17.7 Å². The van der Waals surface area contributed by atoms with Crippen LogP contribution in [0.2, 0.25) is 0 Å². The number of benzene rings is 1. The molecule has 118 valence electrons. The molecule has 1 fully saturated rings. The second-order valence-corrected chi connectivity index (χ2v) is 5.56. The van der Waals surface area contributed by atoms with Gasteiger partial charge in [-0.15, -0.1) is 0 Å². The Kier molecular flexibility index (Phi) is 4.18. The summed E-state index contributed by atoms with van der Waals surface area (Å²) in [6.07, 6.45) is 1.95. The van der Waals surface area contributed by atoms with E-state index in [4.69, 9.17) is 9.47 Å². The van der Waals surface area contributed by atoms with E-state index in [1.54, 1.807) is 11.0 Å². The fourth-order valence-electron chi connectivity index (χ4n) is 2.45. The van der Waals surface area contributed by atoms with Crippen molar-refractivity contribution in [2.75, 3.05) is 31.2 Å². The summed E-state index contributed by atoms with van der Waals surface area (Å²) >= 11 is 0. The van der Waals surface area contributed by atoms with Gasteiger partial charge in [0.05, 0.1) is 0 Å². The number of hydrogen-bond donors (Lipinski definition) is 1. The Bertz CT molecular complexity index is 584. The lowest BCUT2D eigenvalue weighted by Gasteiger charge is -2.24. The zero-order valence-electron chi connectivity index (χ0n) is 12.6. The number of fused-ring (bicyclic) bond motifs is 1. The lowest BCUT2D eigenvalue weighted by Crippen LogP contribution is -2.38. The van der Waals surface area contributed by atoms with Crippen molar-refractivity contribution < 1.29 is 19.1 Å². The zero-order chi connectivity index (χ0) is 15.5. The first-order valence-corrected chi connectivity index (χ1v) is 7.60. The maximum Gasteiger partial charge on any atom is 0.223 e. The highest BCUT2D eigenvalue weighted by molar-refractivity contribution is 5.92. The smallest absolute Gasteiger partial charge is 0.223 e. The molecule has 6 nitrogen and oxygen atoms in total. The van der Waals surface area contributed by atoms with Gasteiger partial charge < -0.3 is 19.7 Å². The minimum Gasteiger partial charge on any atom is -0.486 e. The van der Waals surface area contributed by atoms with Gasteiger partial charge in [-0.3, -0.25) is 9.59 Å². The maximum atomic E-state index is 11.9. The van der Waals surface area contributed by atoms with Gasteiger partial charge in [0.25, 0.3) is 0 Å². The number of anilines is 1. The lowest BCUT2D eigenvalue weighted by atomic mass is 10.2. The number of rotatable bonds is 5. The van der Waals surface area contributed by atoms with E-state index in [0.717, 1.165) is 18.5 Å². The van der Waals surface area contributed by atoms with Crippen LogP contribution in [-0.2, 0) is 9.59 Å². The van der Waals surface area contributed by atoms with Gasteiger partial charge in [0.15, 0.2) is 11.5 Å². The van der Waals surface area contributed by atoms with E-state index in [0.29, 0.717) is 37.8 Å². The Morgan fingerprint density at radius 1 is 1.23 bits per heavy atom. The molecule has 6 heteroatoms. The van der Waals surface area contributed by atoms with E-state index in [2.05, 4.69) is 5.32 Å². The van der Waals surface area contributed by atoms with Gasteiger partial charge in [0.2, 0.25) is 11.8 Å². The molecule has 1 saturated carbocycles. The largest absolute Gasteiger partial charge is 0.486 e. The minimum absolute atomic E-state index is 0.0719. The van der Waals surface area contributed by atoms with Crippen molar-refractivity contribution >= 4 is 17.5 Å². The first kappa shape index (κ1) is 14.7. The summed E-state index contributed by atoms with van der Waals surface area (Å²) in [6, 6.07) is 5.44. The fraction of sp³-hybridized carbons (Fsp3) is 0.500. The van der Waals surface area contributed by atoms with E-state index in [1.165, 1.54) is 6.92 Å². The van der Waals surface area contributed by atoms with E-state index < -0.39 is 0 Å². The second kappa shape index (κ2) is 6.25. The highest BCUT2D eigenvalue weighted by atomic mass is 16.6. The molecule has 2 aliphatic rings. The zero-order valence-corrected chi connectivity index (χ0v) is 12.6. The molecule has 1 aromatic rings. The number of amides is 2. The van der Waals surface area contributed by atoms with Crippen molar-refractivity contribution in [1.29, 1.82) is 0 Å². The Hall–Kier alpha value is -2.24. The predicted molar refractivity (Wildman–Crippen MR) is 81.2 cm³/mol. The molecule has 2 amide bonds. The minimum atomic E-state index is -0.0719. The summed E-state index contributed by atoms with van der Waals surface area (Å²) in [7, 11) is 0. The quantitative estimate of drug-likeness (QED) is 0.891. The molecule has 1 aliphatic heterocycles. The molecule has 0 unspecified atom stereocenters. The predicted octanol–water partition coefficient (Wildman–Crippen LogP) is 1.34. The van der Waals surface area contributed by atoms with Gasteiger partial charge in [-0.05, 0) is 25.0 Å². The van der Waals surface area contributed by atoms with Gasteiger partial charge in [0.1, 0.15) is 13.2 Å². The topological polar surface area (TPSA) is 67.9 Å². The van der Waals surface area contributed by atoms with Crippen LogP contribution >= 0.6 is 0 Å². The summed E-state index contributed by atoms with van der Waals surface area (Å²) in [5.41, 5.74) is 0.748. The van der Waals surface area contributed by atoms with Crippen molar-refractivity contribution in [3.8, 4) is 11.5 Å². The Balaban J connectivity index is 1.65. The standard InChI is InChI=1S/C16H20N2O4/c1-11(19)18(7-6-17-16(20)12-2-3-12)13-4-5-14-15(10-13)22-9-8-21-14/h4-5,10,12H,2-3,6-9H2,1H3,(H,17,20). The number of carbonyl (C=O) groups is 2. The molecule has 0 atom stereocenters. The maximum absolute atomic E-state index is 11.9. The third kappa shape index (κ3) is 3.32. The van der Waals surface area contributed by atoms with E-state index in [1.807, 2.05) is 12.1 Å². The molecular formula is C16H20N2O4. The molecule has 0 bridgehead atoms. The molecule has 0 spiro atoms. The summed E-state index contributed by atoms with van der Waals surface area (Å²) in [5.74, 6) is 1.54. The third-order valence-electron chi connectivity index (χ3n) is 3.80. The van der Waals surface area contributed by atoms with Gasteiger partial charge in [0, 0.05) is 37.7 Å². The molecule has 22 heavy (non-hydrogen) atoms. The Morgan fingerprint density at radius 3 is 2.64 bits per heavy atom. The van der Waals surface area contributed by atoms with Gasteiger partial charge in [-0.1, -0.05) is 0 Å². The van der Waals surface area contributed by atoms with Crippen molar-refractivity contribution in [3.63, 3.8) is 0 Å². The number of carbonyl (C=O) groups excluding carboxylic acids is 2. The molecule has 0 radical (unpaired) electrons. The van der Waals surface area contributed by atoms with Gasteiger partial charge in [-0.2, -0.15) is 0 Å². The normalized spacial score (nSPS) is 16.0. The van der Waals surface area contributed by atoms with Crippen LogP contribution in [0.15, 0.2) is 18.2 Å². The average Bonchev–Trinajstić information content (AvgIpc) is 3.35. The molecule has 0 aromatic heterocycles. The lowest BCUT2D eigenvalue weighted by molar-refractivity contribution is -0.122. The third-order valence-corrected chi connectivity index (χ3v) is 3.80. The van der Waals surface area contributed by atoms with Crippen LogP contribution in [0.25, 0.3) is 0 Å². The molecule has 1 N–H and O–H groups in total. The van der Waals surface area contributed by atoms with Crippen LogP contribution in [0.4, 0.5) is 5.69 Å². The summed E-state index contributed by atoms with van der Waals surface area (Å²) in [4.78, 5) is 25.1. The average molecular weight is 304 g/mol. The number of hydrogen-bond acceptors (Lipinski definition) is 4. The van der Waals surface area contributed by atoms with Crippen LogP contribution in [-0.4, -0.2) is 38.1 Å². The molecule has 1 heterocycles. The SMILES string of the molecule is CC(=O)N(CCNC(=O)C1CC1)c1ccc2c(c1)OCCO2. The van der Waals surface area contributed by atoms with Crippen LogP contribution < -0.4 is 19.7 Å². The molecular weight excluding hydrogens is 284 g/mol. The van der Waals surface area contributed by atoms with Crippen molar-refractivity contribution in [2.45, 2.75) is 19.8 Å². The van der Waals surface area contributed by atoms with Gasteiger partial charge >= 0.3 is 0 Å². The van der Waals surface area contributed by atoms with E-state index >= 15 is 0 Å².